The highest BCUT2D eigenvalue weighted by atomic mass is 16.6. The van der Waals surface area contributed by atoms with Crippen LogP contribution < -0.4 is 32.3 Å². The molecule has 9 N–H and O–H groups in total. The lowest BCUT2D eigenvalue weighted by atomic mass is 9.67. The van der Waals surface area contributed by atoms with E-state index in [0.717, 1.165) is 27.8 Å². The predicted octanol–water partition coefficient (Wildman–Crippen LogP) is 4.59. The number of hydrogen-bond acceptors (Lipinski definition) is 12. The van der Waals surface area contributed by atoms with Crippen molar-refractivity contribution < 1.29 is 34.0 Å². The molecule has 8 rings (SSSR count). The maximum atomic E-state index is 14.0. The molecule has 4 bridgehead atoms. The van der Waals surface area contributed by atoms with E-state index in [1.807, 2.05) is 31.3 Å². The molecule has 55 heavy (non-hydrogen) atoms. The van der Waals surface area contributed by atoms with E-state index < -0.39 is 35.6 Å². The molecule has 0 spiro atoms. The van der Waals surface area contributed by atoms with E-state index >= 15 is 0 Å². The first-order valence-electron chi connectivity index (χ1n) is 19.0. The van der Waals surface area contributed by atoms with Gasteiger partial charge in [-0.1, -0.05) is 24.3 Å². The fraction of sp³-hybridized carbons (Fsp3) is 0.395. The highest BCUT2D eigenvalue weighted by molar-refractivity contribution is 5.92. The van der Waals surface area contributed by atoms with Gasteiger partial charge in [0.15, 0.2) is 5.43 Å². The smallest absolute Gasteiger partial charge is 0.333 e. The second-order valence-corrected chi connectivity index (χ2v) is 15.6. The average Bonchev–Trinajstić information content (AvgIpc) is 3.22. The van der Waals surface area contributed by atoms with Gasteiger partial charge in [-0.2, -0.15) is 0 Å². The molecule has 12 nitrogen and oxygen atoms in total. The summed E-state index contributed by atoms with van der Waals surface area (Å²) in [6.07, 6.45) is 11.4. The molecule has 0 saturated carbocycles. The van der Waals surface area contributed by atoms with E-state index in [4.69, 9.17) is 25.4 Å². The van der Waals surface area contributed by atoms with Crippen LogP contribution in [0.15, 0.2) is 92.1 Å². The van der Waals surface area contributed by atoms with Crippen molar-refractivity contribution >= 4 is 16.9 Å². The number of rotatable bonds is 5. The molecule has 0 amide bonds. The molecule has 1 aromatic heterocycles. The van der Waals surface area contributed by atoms with Gasteiger partial charge in [-0.3, -0.25) is 4.79 Å². The molecule has 6 atom stereocenters. The summed E-state index contributed by atoms with van der Waals surface area (Å²) in [5.74, 6) is -0.735. The van der Waals surface area contributed by atoms with Crippen molar-refractivity contribution in [2.75, 3.05) is 6.54 Å². The van der Waals surface area contributed by atoms with Gasteiger partial charge in [-0.15, -0.1) is 0 Å². The van der Waals surface area contributed by atoms with Gasteiger partial charge in [0, 0.05) is 53.8 Å². The van der Waals surface area contributed by atoms with Gasteiger partial charge >= 0.3 is 5.97 Å². The van der Waals surface area contributed by atoms with Crippen molar-refractivity contribution in [3.63, 3.8) is 0 Å². The summed E-state index contributed by atoms with van der Waals surface area (Å²) in [6.45, 7) is 5.34. The monoisotopic (exact) mass is 748 g/mol. The number of esters is 1. The van der Waals surface area contributed by atoms with Gasteiger partial charge in [-0.25, -0.2) is 4.79 Å². The normalized spacial score (nSPS) is 27.2. The number of carbonyl (C=O) groups excluding carboxylic acids is 1. The van der Waals surface area contributed by atoms with Crippen LogP contribution in [0.5, 0.6) is 17.2 Å². The Bertz CT molecular complexity index is 2320. The number of benzene rings is 2. The first-order chi connectivity index (χ1) is 26.4. The minimum absolute atomic E-state index is 0.0329. The summed E-state index contributed by atoms with van der Waals surface area (Å²) < 4.78 is 20.2. The van der Waals surface area contributed by atoms with Crippen LogP contribution in [0.25, 0.3) is 11.0 Å². The van der Waals surface area contributed by atoms with Crippen molar-refractivity contribution in [1.29, 1.82) is 0 Å². The standard InChI is InChI=1S/C43H48N4O8/c1-4-21(2)42(52)54-33-18-31-38(51)37-32(50)17-28(20-48)53-40(37)36-30-16-25-15-27(49)9-8-23(25)6-7-24(35-29(30)11-12-46-41(35)45)14-26(43(33,3)55-39(31)36)13-22-5-10-34(44)47-19-22/h4-5,8-11,15,17,19,24,26,30,33-34,46-49,51H,6-7,12-14,16,18,20,44-45H2,1-3H3/b21-4-/t24-,26-,30-,33+,34?,43-/m0/s1. The van der Waals surface area contributed by atoms with Crippen LogP contribution in [0.1, 0.15) is 74.0 Å². The number of hydrogen-bond donors (Lipinski definition) is 7. The molecule has 0 radical (unpaired) electrons. The number of aromatic hydroxyl groups is 2. The zero-order valence-electron chi connectivity index (χ0n) is 31.3. The molecule has 4 aliphatic heterocycles. The Kier molecular flexibility index (Phi) is 9.29. The highest BCUT2D eigenvalue weighted by Crippen LogP contribution is 2.56. The van der Waals surface area contributed by atoms with E-state index in [0.29, 0.717) is 66.9 Å². The zero-order valence-corrected chi connectivity index (χ0v) is 31.3. The number of nitrogens with two attached hydrogens (primary N) is 2. The van der Waals surface area contributed by atoms with Crippen molar-refractivity contribution in [1.82, 2.24) is 10.6 Å². The van der Waals surface area contributed by atoms with Crippen LogP contribution in [0.2, 0.25) is 0 Å². The molecule has 5 aliphatic rings. The SMILES string of the molecule is C/C=C(/C)C(=O)O[C@@H]1Cc2c3c(c4oc(CO)cc(=O)c4c2O)[C@H]2Cc4cc(O)ccc4CC[C@@H](C[C@H](CC4=CNC(N)C=C4)[C@]1(C)O3)C1=C(N)NCC=C12. The Morgan fingerprint density at radius 2 is 2.00 bits per heavy atom. The second kappa shape index (κ2) is 14.0. The van der Waals surface area contributed by atoms with Gasteiger partial charge in [0.05, 0.1) is 6.17 Å². The van der Waals surface area contributed by atoms with E-state index in [1.54, 1.807) is 32.1 Å². The van der Waals surface area contributed by atoms with Gasteiger partial charge in [-0.05, 0) is 105 Å². The Morgan fingerprint density at radius 1 is 1.18 bits per heavy atom. The van der Waals surface area contributed by atoms with Crippen molar-refractivity contribution in [2.24, 2.45) is 23.3 Å². The van der Waals surface area contributed by atoms with E-state index in [2.05, 4.69) is 16.7 Å². The third-order valence-corrected chi connectivity index (χ3v) is 12.4. The van der Waals surface area contributed by atoms with Gasteiger partial charge in [0.25, 0.3) is 0 Å². The largest absolute Gasteiger partial charge is 0.508 e. The molecular formula is C43H48N4O8. The first kappa shape index (κ1) is 36.5. The summed E-state index contributed by atoms with van der Waals surface area (Å²) in [5, 5.41) is 39.7. The molecule has 3 aromatic rings. The Morgan fingerprint density at radius 3 is 2.75 bits per heavy atom. The molecule has 1 unspecified atom stereocenters. The zero-order chi connectivity index (χ0) is 38.8. The number of aliphatic hydroxyl groups excluding tert-OH is 1. The van der Waals surface area contributed by atoms with Gasteiger partial charge in [0.1, 0.15) is 58.1 Å². The minimum atomic E-state index is -1.19. The van der Waals surface area contributed by atoms with Gasteiger partial charge in [0.2, 0.25) is 0 Å². The van der Waals surface area contributed by atoms with Crippen LogP contribution >= 0.6 is 0 Å². The van der Waals surface area contributed by atoms with Crippen LogP contribution in [0.3, 0.4) is 0 Å². The van der Waals surface area contributed by atoms with E-state index in [1.165, 1.54) is 6.07 Å². The first-order valence-corrected chi connectivity index (χ1v) is 19.0. The number of aliphatic hydroxyl groups is 1. The molecule has 0 fully saturated rings. The average molecular weight is 749 g/mol. The molecule has 5 heterocycles. The molecule has 12 heteroatoms. The maximum absolute atomic E-state index is 14.0. The number of carbonyl (C=O) groups is 1. The maximum Gasteiger partial charge on any atom is 0.333 e. The third kappa shape index (κ3) is 6.27. The van der Waals surface area contributed by atoms with Crippen molar-refractivity contribution in [2.45, 2.75) is 89.7 Å². The number of phenols is 2. The Balaban J connectivity index is 1.48. The van der Waals surface area contributed by atoms with Gasteiger partial charge < -0.3 is 51.3 Å². The van der Waals surface area contributed by atoms with Crippen LogP contribution in [-0.4, -0.2) is 45.7 Å². The number of dihydropyridines is 2. The van der Waals surface area contributed by atoms with Crippen LogP contribution in [-0.2, 0) is 35.4 Å². The summed E-state index contributed by atoms with van der Waals surface area (Å²) in [5.41, 5.74) is 17.7. The van der Waals surface area contributed by atoms with Crippen molar-refractivity contribution in [3.8, 4) is 17.2 Å². The van der Waals surface area contributed by atoms with Crippen LogP contribution in [0.4, 0.5) is 0 Å². The molecular weight excluding hydrogens is 700 g/mol. The summed E-state index contributed by atoms with van der Waals surface area (Å²) in [4.78, 5) is 27.6. The summed E-state index contributed by atoms with van der Waals surface area (Å²) in [6, 6.07) is 6.64. The number of ether oxygens (including phenoxy) is 2. The highest BCUT2D eigenvalue weighted by Gasteiger charge is 2.53. The Hall–Kier alpha value is -5.46. The number of nitrogens with one attached hydrogen (secondary N) is 2. The van der Waals surface area contributed by atoms with Crippen molar-refractivity contribution in [3.05, 3.63) is 121 Å². The van der Waals surface area contributed by atoms with E-state index in [9.17, 15) is 24.9 Å². The summed E-state index contributed by atoms with van der Waals surface area (Å²) >= 11 is 0. The lowest BCUT2D eigenvalue weighted by molar-refractivity contribution is -0.165. The number of fused-ring (bicyclic) bond motifs is 5. The van der Waals surface area contributed by atoms with E-state index in [-0.39, 0.29) is 52.7 Å². The molecule has 1 aliphatic carbocycles. The number of allylic oxidation sites excluding steroid dienone is 5. The molecule has 2 aromatic carbocycles. The molecule has 288 valence electrons. The topological polar surface area (TPSA) is 203 Å². The Labute approximate surface area is 318 Å². The molecule has 0 saturated heterocycles. The second-order valence-electron chi connectivity index (χ2n) is 15.6. The predicted molar refractivity (Wildman–Crippen MR) is 207 cm³/mol. The lowest BCUT2D eigenvalue weighted by Crippen LogP contribution is -2.57. The lowest BCUT2D eigenvalue weighted by Gasteiger charge is -2.49. The number of phenolic OH excluding ortho intramolecular Hbond substituents is 2. The minimum Gasteiger partial charge on any atom is -0.508 e. The van der Waals surface area contributed by atoms with Crippen LogP contribution in [0, 0.1) is 11.8 Å². The fourth-order valence-electron chi connectivity index (χ4n) is 9.27. The fourth-order valence-corrected chi connectivity index (χ4v) is 9.27. The number of aryl methyl sites for hydroxylation is 1. The third-order valence-electron chi connectivity index (χ3n) is 12.4. The quantitative estimate of drug-likeness (QED) is 0.142. The summed E-state index contributed by atoms with van der Waals surface area (Å²) in [7, 11) is 0.